The van der Waals surface area contributed by atoms with Crippen LogP contribution >= 0.6 is 7.82 Å². The van der Waals surface area contributed by atoms with Crippen molar-refractivity contribution >= 4 is 13.8 Å². The summed E-state index contributed by atoms with van der Waals surface area (Å²) < 4.78 is 34.1. The van der Waals surface area contributed by atoms with E-state index in [9.17, 15) is 39.8 Å². The molecule has 0 amide bonds. The minimum Gasteiger partial charge on any atom is -0.457 e. The molecule has 1 fully saturated rings. The summed E-state index contributed by atoms with van der Waals surface area (Å²) in [6, 6.07) is 0. The van der Waals surface area contributed by atoms with Crippen LogP contribution in [-0.2, 0) is 27.9 Å². The number of esters is 1. The number of aliphatic hydroxyl groups excluding tert-OH is 5. The van der Waals surface area contributed by atoms with E-state index in [1.54, 1.807) is 0 Å². The van der Waals surface area contributed by atoms with Crippen LogP contribution in [0.25, 0.3) is 0 Å². The van der Waals surface area contributed by atoms with Gasteiger partial charge in [0.15, 0.2) is 0 Å². The lowest BCUT2D eigenvalue weighted by atomic mass is 9.85. The van der Waals surface area contributed by atoms with Crippen LogP contribution in [0.5, 0.6) is 0 Å². The maximum absolute atomic E-state index is 12.8. The first-order valence-corrected chi connectivity index (χ1v) is 24.9. The molecule has 1 saturated carbocycles. The van der Waals surface area contributed by atoms with E-state index in [2.05, 4.69) is 80.7 Å². The van der Waals surface area contributed by atoms with Crippen LogP contribution in [0, 0.1) is 0 Å². The van der Waals surface area contributed by atoms with Crippen LogP contribution in [0.2, 0.25) is 0 Å². The highest BCUT2D eigenvalue weighted by Crippen LogP contribution is 2.47. The normalized spacial score (nSPS) is 22.8. The number of phosphoric ester groups is 1. The van der Waals surface area contributed by atoms with Crippen molar-refractivity contribution in [2.45, 2.75) is 198 Å². The highest BCUT2D eigenvalue weighted by Gasteiger charge is 2.51. The van der Waals surface area contributed by atoms with Crippen LogP contribution in [0.3, 0.4) is 0 Å². The molecule has 62 heavy (non-hydrogen) atoms. The van der Waals surface area contributed by atoms with Gasteiger partial charge in [0.05, 0.1) is 13.2 Å². The molecule has 6 atom stereocenters. The Kier molecular flexibility index (Phi) is 36.1. The predicted molar refractivity (Wildman–Crippen MR) is 248 cm³/mol. The molecule has 0 aliphatic heterocycles. The van der Waals surface area contributed by atoms with E-state index < -0.39 is 63.1 Å². The minimum absolute atomic E-state index is 0.0572. The molecule has 1 aliphatic carbocycles. The SMILES string of the molecule is CC/C=C\C/C=C\C/C=C\C/C=C\CCC(=O)OC(COCCCCCCCCC/C=C\C/C=C\C/C=C\CCCCCCC)COP(=O)(O)OC1C(O)C(O)C(O)C(O)C1O. The van der Waals surface area contributed by atoms with Crippen LogP contribution in [-0.4, -0.2) is 98.9 Å². The Hall–Kier alpha value is -2.48. The number of ether oxygens (including phenoxy) is 2. The van der Waals surface area contributed by atoms with Gasteiger partial charge in [-0.3, -0.25) is 13.8 Å². The van der Waals surface area contributed by atoms with Crippen molar-refractivity contribution in [2.24, 2.45) is 0 Å². The second-order valence-corrected chi connectivity index (χ2v) is 17.3. The number of allylic oxidation sites excluding steroid dienone is 14. The number of hydrogen-bond donors (Lipinski definition) is 6. The summed E-state index contributed by atoms with van der Waals surface area (Å²) in [5.74, 6) is -0.564. The van der Waals surface area contributed by atoms with Gasteiger partial charge in [-0.25, -0.2) is 4.57 Å². The van der Waals surface area contributed by atoms with E-state index in [0.29, 0.717) is 13.0 Å². The van der Waals surface area contributed by atoms with Gasteiger partial charge < -0.3 is 39.9 Å². The molecule has 0 aromatic rings. The van der Waals surface area contributed by atoms with Crippen LogP contribution in [0.4, 0.5) is 0 Å². The fraction of sp³-hybridized carbons (Fsp3) is 0.694. The van der Waals surface area contributed by atoms with Gasteiger partial charge in [-0.2, -0.15) is 0 Å². The number of phosphoric acid groups is 1. The first kappa shape index (κ1) is 57.5. The number of aliphatic hydroxyl groups is 5. The highest BCUT2D eigenvalue weighted by atomic mass is 31.2. The van der Waals surface area contributed by atoms with Crippen molar-refractivity contribution in [3.63, 3.8) is 0 Å². The van der Waals surface area contributed by atoms with Gasteiger partial charge in [-0.1, -0.05) is 157 Å². The van der Waals surface area contributed by atoms with Crippen molar-refractivity contribution in [1.82, 2.24) is 0 Å². The van der Waals surface area contributed by atoms with Crippen LogP contribution < -0.4 is 0 Å². The van der Waals surface area contributed by atoms with Crippen molar-refractivity contribution in [1.29, 1.82) is 0 Å². The van der Waals surface area contributed by atoms with Crippen molar-refractivity contribution < 1.29 is 58.3 Å². The summed E-state index contributed by atoms with van der Waals surface area (Å²) >= 11 is 0. The molecule has 1 aliphatic rings. The number of carbonyl (C=O) groups excluding carboxylic acids is 1. The van der Waals surface area contributed by atoms with E-state index in [1.165, 1.54) is 57.8 Å². The summed E-state index contributed by atoms with van der Waals surface area (Å²) in [4.78, 5) is 23.1. The molecule has 6 N–H and O–H groups in total. The monoisotopic (exact) mass is 895 g/mol. The predicted octanol–water partition coefficient (Wildman–Crippen LogP) is 9.75. The lowest BCUT2D eigenvalue weighted by molar-refractivity contribution is -0.220. The number of rotatable bonds is 38. The van der Waals surface area contributed by atoms with E-state index in [0.717, 1.165) is 70.6 Å². The molecular formula is C49H83O12P. The fourth-order valence-electron chi connectivity index (χ4n) is 6.55. The Bertz CT molecular complexity index is 1340. The first-order chi connectivity index (χ1) is 30.0. The summed E-state index contributed by atoms with van der Waals surface area (Å²) in [5, 5.41) is 50.2. The van der Waals surface area contributed by atoms with Gasteiger partial charge in [0.1, 0.15) is 42.7 Å². The third-order valence-electron chi connectivity index (χ3n) is 10.3. The Morgan fingerprint density at radius 3 is 1.45 bits per heavy atom. The maximum atomic E-state index is 12.8. The fourth-order valence-corrected chi connectivity index (χ4v) is 7.52. The Morgan fingerprint density at radius 1 is 0.532 bits per heavy atom. The molecule has 0 bridgehead atoms. The van der Waals surface area contributed by atoms with Gasteiger partial charge in [-0.05, 0) is 77.0 Å². The average Bonchev–Trinajstić information content (AvgIpc) is 3.26. The van der Waals surface area contributed by atoms with E-state index >= 15 is 0 Å². The Morgan fingerprint density at radius 2 is 0.952 bits per heavy atom. The third kappa shape index (κ3) is 30.6. The number of unbranched alkanes of at least 4 members (excludes halogenated alkanes) is 12. The quantitative estimate of drug-likeness (QED) is 0.0149. The average molecular weight is 895 g/mol. The molecule has 0 saturated heterocycles. The Balaban J connectivity index is 2.41. The lowest BCUT2D eigenvalue weighted by Gasteiger charge is -2.41. The molecule has 13 heteroatoms. The molecule has 0 radical (unpaired) electrons. The van der Waals surface area contributed by atoms with E-state index in [1.807, 2.05) is 18.2 Å². The van der Waals surface area contributed by atoms with Gasteiger partial charge in [0.2, 0.25) is 0 Å². The summed E-state index contributed by atoms with van der Waals surface area (Å²) in [6.07, 6.45) is 39.6. The Labute approximate surface area is 373 Å². The molecule has 0 aromatic heterocycles. The van der Waals surface area contributed by atoms with Crippen molar-refractivity contribution in [3.8, 4) is 0 Å². The van der Waals surface area contributed by atoms with Gasteiger partial charge in [0, 0.05) is 13.0 Å². The number of hydrogen-bond acceptors (Lipinski definition) is 11. The zero-order chi connectivity index (χ0) is 45.5. The van der Waals surface area contributed by atoms with E-state index in [4.69, 9.17) is 18.5 Å². The molecule has 12 nitrogen and oxygen atoms in total. The molecule has 0 heterocycles. The zero-order valence-electron chi connectivity index (χ0n) is 37.9. The topological polar surface area (TPSA) is 192 Å². The lowest BCUT2D eigenvalue weighted by Crippen LogP contribution is -2.64. The van der Waals surface area contributed by atoms with Crippen molar-refractivity contribution in [2.75, 3.05) is 19.8 Å². The van der Waals surface area contributed by atoms with Gasteiger partial charge >= 0.3 is 13.8 Å². The van der Waals surface area contributed by atoms with E-state index in [-0.39, 0.29) is 13.0 Å². The summed E-state index contributed by atoms with van der Waals surface area (Å²) in [5.41, 5.74) is 0. The van der Waals surface area contributed by atoms with Crippen LogP contribution in [0.15, 0.2) is 85.1 Å². The summed E-state index contributed by atoms with van der Waals surface area (Å²) in [6.45, 7) is 4.01. The second kappa shape index (κ2) is 38.9. The largest absolute Gasteiger partial charge is 0.472 e. The van der Waals surface area contributed by atoms with Gasteiger partial charge in [0.25, 0.3) is 0 Å². The smallest absolute Gasteiger partial charge is 0.457 e. The molecule has 0 spiro atoms. The second-order valence-electron chi connectivity index (χ2n) is 15.9. The summed E-state index contributed by atoms with van der Waals surface area (Å²) in [7, 11) is -5.04. The molecule has 1 rings (SSSR count). The first-order valence-electron chi connectivity index (χ1n) is 23.4. The van der Waals surface area contributed by atoms with Crippen LogP contribution in [0.1, 0.15) is 155 Å². The van der Waals surface area contributed by atoms with Crippen molar-refractivity contribution in [3.05, 3.63) is 85.1 Å². The standard InChI is InChI=1S/C49H83O12P/c1-3-5-7-9-11-13-15-17-18-19-20-21-22-23-24-25-27-29-31-33-35-37-39-58-40-42(41-59-62(56,57)61-49-47(54)45(52)44(51)46(53)48(49)55)60-43(50)38-36-34-32-30-28-26-16-14-12-10-8-6-4-2/h6,8,12,14-15,17,19-20,22-23,26,28,32,34,42,44-49,51-55H,3-5,7,9-11,13,16,18,21,24-25,27,29-31,33,35-41H2,1-2H3,(H,56,57)/b8-6-,14-12-,17-15-,20-19-,23-22-,28-26-,34-32-. The zero-order valence-corrected chi connectivity index (χ0v) is 38.8. The highest BCUT2D eigenvalue weighted by molar-refractivity contribution is 7.47. The maximum Gasteiger partial charge on any atom is 0.472 e. The molecule has 6 unspecified atom stereocenters. The third-order valence-corrected chi connectivity index (χ3v) is 11.3. The molecule has 0 aromatic carbocycles. The minimum atomic E-state index is -5.04. The molecule has 356 valence electrons. The number of carbonyl (C=O) groups is 1. The molecular weight excluding hydrogens is 812 g/mol. The van der Waals surface area contributed by atoms with Gasteiger partial charge in [-0.15, -0.1) is 0 Å².